The lowest BCUT2D eigenvalue weighted by molar-refractivity contribution is 0.1000. The van der Waals surface area contributed by atoms with Crippen molar-refractivity contribution in [2.45, 2.75) is 37.1 Å². The molecule has 0 atom stereocenters. The van der Waals surface area contributed by atoms with Gasteiger partial charge in [-0.15, -0.1) is 0 Å². The number of primary amides is 1. The van der Waals surface area contributed by atoms with Gasteiger partial charge < -0.3 is 11.1 Å². The summed E-state index contributed by atoms with van der Waals surface area (Å²) in [6.45, 7) is 4.08. The van der Waals surface area contributed by atoms with E-state index in [-0.39, 0.29) is 16.5 Å². The molecule has 1 fully saturated rings. The number of hydrogen-bond acceptors (Lipinski definition) is 4. The largest absolute Gasteiger partial charge is 0.366 e. The van der Waals surface area contributed by atoms with Crippen molar-refractivity contribution < 1.29 is 13.2 Å². The highest BCUT2D eigenvalue weighted by atomic mass is 32.2. The van der Waals surface area contributed by atoms with Crippen molar-refractivity contribution in [3.63, 3.8) is 0 Å². The van der Waals surface area contributed by atoms with Crippen molar-refractivity contribution in [1.82, 2.24) is 9.62 Å². The average Bonchev–Trinajstić information content (AvgIpc) is 2.53. The molecule has 1 heterocycles. The van der Waals surface area contributed by atoms with Gasteiger partial charge in [0.1, 0.15) is 0 Å². The summed E-state index contributed by atoms with van der Waals surface area (Å²) in [5, 5.41) is 3.24. The second kappa shape index (κ2) is 7.21. The number of nitrogens with two attached hydrogens (primary N) is 1. The summed E-state index contributed by atoms with van der Waals surface area (Å²) < 4.78 is 27.5. The van der Waals surface area contributed by atoms with E-state index in [4.69, 9.17) is 5.73 Å². The molecule has 2 rings (SSSR count). The maximum absolute atomic E-state index is 12.9. The fourth-order valence-electron chi connectivity index (χ4n) is 2.76. The topological polar surface area (TPSA) is 92.5 Å². The van der Waals surface area contributed by atoms with Crippen LogP contribution in [-0.2, 0) is 10.0 Å². The first-order chi connectivity index (χ1) is 10.5. The number of carbonyl (C=O) groups excluding carboxylic acids is 1. The third-order valence-electron chi connectivity index (χ3n) is 3.89. The first-order valence-electron chi connectivity index (χ1n) is 7.59. The van der Waals surface area contributed by atoms with Gasteiger partial charge in [-0.1, -0.05) is 13.0 Å². The number of benzene rings is 1. The maximum atomic E-state index is 12.9. The van der Waals surface area contributed by atoms with Gasteiger partial charge in [-0.2, -0.15) is 4.31 Å². The lowest BCUT2D eigenvalue weighted by atomic mass is 10.1. The lowest BCUT2D eigenvalue weighted by Crippen LogP contribution is -2.46. The maximum Gasteiger partial charge on any atom is 0.248 e. The predicted octanol–water partition coefficient (Wildman–Crippen LogP) is 0.938. The molecule has 1 amide bonds. The van der Waals surface area contributed by atoms with E-state index in [2.05, 4.69) is 5.32 Å². The highest BCUT2D eigenvalue weighted by molar-refractivity contribution is 7.89. The van der Waals surface area contributed by atoms with Crippen LogP contribution in [0.3, 0.4) is 0 Å². The minimum absolute atomic E-state index is 0.00318. The van der Waals surface area contributed by atoms with Crippen molar-refractivity contribution in [2.75, 3.05) is 19.6 Å². The Balaban J connectivity index is 2.35. The number of rotatable bonds is 6. The summed E-state index contributed by atoms with van der Waals surface area (Å²) in [5.41, 5.74) is 5.46. The Morgan fingerprint density at radius 1 is 1.36 bits per heavy atom. The first kappa shape index (κ1) is 16.9. The first-order valence-corrected chi connectivity index (χ1v) is 9.03. The highest BCUT2D eigenvalue weighted by Gasteiger charge is 2.31. The summed E-state index contributed by atoms with van der Waals surface area (Å²) in [4.78, 5) is 11.4. The average molecular weight is 325 g/mol. The Hall–Kier alpha value is -1.44. The van der Waals surface area contributed by atoms with Gasteiger partial charge in [0.2, 0.25) is 15.9 Å². The number of nitrogens with one attached hydrogen (secondary N) is 1. The molecule has 0 aliphatic carbocycles. The summed E-state index contributed by atoms with van der Waals surface area (Å²) in [5.74, 6) is -0.624. The van der Waals surface area contributed by atoms with Crippen molar-refractivity contribution in [3.05, 3.63) is 29.8 Å². The monoisotopic (exact) mass is 325 g/mol. The molecule has 3 N–H and O–H groups in total. The Morgan fingerprint density at radius 3 is 2.64 bits per heavy atom. The lowest BCUT2D eigenvalue weighted by Gasteiger charge is -2.33. The molecule has 0 aromatic heterocycles. The standard InChI is InChI=1S/C15H23N3O3S/c1-2-10-18(13-6-8-17-9-7-13)22(20,21)14-5-3-4-12(11-14)15(16)19/h3-5,11,13,17H,2,6-10H2,1H3,(H2,16,19). The predicted molar refractivity (Wildman–Crippen MR) is 85.0 cm³/mol. The molecule has 1 aromatic rings. The van der Waals surface area contributed by atoms with E-state index in [0.29, 0.717) is 6.54 Å². The van der Waals surface area contributed by atoms with Gasteiger partial charge in [-0.05, 0) is 50.6 Å². The normalized spacial score (nSPS) is 16.8. The van der Waals surface area contributed by atoms with E-state index in [0.717, 1.165) is 32.4 Å². The molecule has 1 aliphatic rings. The molecule has 0 radical (unpaired) electrons. The third-order valence-corrected chi connectivity index (χ3v) is 5.83. The molecule has 0 saturated carbocycles. The zero-order valence-corrected chi connectivity index (χ0v) is 13.6. The Morgan fingerprint density at radius 2 is 2.05 bits per heavy atom. The van der Waals surface area contributed by atoms with Crippen LogP contribution in [0, 0.1) is 0 Å². The number of carbonyl (C=O) groups is 1. The Labute approximate surface area is 131 Å². The molecular formula is C15H23N3O3S. The van der Waals surface area contributed by atoms with Crippen molar-refractivity contribution in [2.24, 2.45) is 5.73 Å². The molecule has 6 nitrogen and oxygen atoms in total. The number of nitrogens with zero attached hydrogens (tertiary/aromatic N) is 1. The second-order valence-corrected chi connectivity index (χ2v) is 7.38. The number of amides is 1. The van der Waals surface area contributed by atoms with Crippen LogP contribution in [0.2, 0.25) is 0 Å². The van der Waals surface area contributed by atoms with Gasteiger partial charge in [0.15, 0.2) is 0 Å². The number of sulfonamides is 1. The molecule has 122 valence electrons. The van der Waals surface area contributed by atoms with Crippen molar-refractivity contribution >= 4 is 15.9 Å². The van der Waals surface area contributed by atoms with E-state index in [1.165, 1.54) is 18.2 Å². The van der Waals surface area contributed by atoms with Crippen LogP contribution in [0.5, 0.6) is 0 Å². The molecule has 0 spiro atoms. The SMILES string of the molecule is CCCN(C1CCNCC1)S(=O)(=O)c1cccc(C(N)=O)c1. The molecular weight excluding hydrogens is 302 g/mol. The zero-order valence-electron chi connectivity index (χ0n) is 12.8. The minimum atomic E-state index is -3.62. The Kier molecular flexibility index (Phi) is 5.55. The second-order valence-electron chi connectivity index (χ2n) is 5.49. The fourth-order valence-corrected chi connectivity index (χ4v) is 4.58. The van der Waals surface area contributed by atoms with E-state index in [9.17, 15) is 13.2 Å². The molecule has 1 aliphatic heterocycles. The molecule has 0 unspecified atom stereocenters. The van der Waals surface area contributed by atoms with E-state index in [1.807, 2.05) is 6.92 Å². The fraction of sp³-hybridized carbons (Fsp3) is 0.533. The molecule has 0 bridgehead atoms. The Bertz CT molecular complexity index is 625. The van der Waals surface area contributed by atoms with Crippen LogP contribution < -0.4 is 11.1 Å². The summed E-state index contributed by atoms with van der Waals surface area (Å²) in [6.07, 6.45) is 2.35. The van der Waals surface area contributed by atoms with Gasteiger partial charge in [0.05, 0.1) is 4.90 Å². The van der Waals surface area contributed by atoms with Crippen molar-refractivity contribution in [1.29, 1.82) is 0 Å². The van der Waals surface area contributed by atoms with Crippen molar-refractivity contribution in [3.8, 4) is 0 Å². The van der Waals surface area contributed by atoms with E-state index < -0.39 is 15.9 Å². The highest BCUT2D eigenvalue weighted by Crippen LogP contribution is 2.23. The van der Waals surface area contributed by atoms with Crippen LogP contribution in [0.25, 0.3) is 0 Å². The van der Waals surface area contributed by atoms with Crippen LogP contribution in [0.15, 0.2) is 29.2 Å². The third kappa shape index (κ3) is 3.66. The van der Waals surface area contributed by atoms with Gasteiger partial charge in [0.25, 0.3) is 0 Å². The molecule has 22 heavy (non-hydrogen) atoms. The van der Waals surface area contributed by atoms with E-state index in [1.54, 1.807) is 10.4 Å². The number of piperidine rings is 1. The van der Waals surface area contributed by atoms with Gasteiger partial charge in [0, 0.05) is 18.2 Å². The summed E-state index contributed by atoms with van der Waals surface area (Å²) >= 11 is 0. The van der Waals surface area contributed by atoms with Crippen LogP contribution in [0.4, 0.5) is 0 Å². The zero-order chi connectivity index (χ0) is 16.2. The molecule has 1 saturated heterocycles. The van der Waals surface area contributed by atoms with Gasteiger partial charge in [-0.3, -0.25) is 4.79 Å². The van der Waals surface area contributed by atoms with Crippen LogP contribution in [0.1, 0.15) is 36.5 Å². The quantitative estimate of drug-likeness (QED) is 0.814. The van der Waals surface area contributed by atoms with Gasteiger partial charge in [-0.25, -0.2) is 8.42 Å². The summed E-state index contributed by atoms with van der Waals surface area (Å²) in [6, 6.07) is 5.96. The summed E-state index contributed by atoms with van der Waals surface area (Å²) in [7, 11) is -3.62. The minimum Gasteiger partial charge on any atom is -0.366 e. The number of hydrogen-bond donors (Lipinski definition) is 2. The molecule has 1 aromatic carbocycles. The molecule has 7 heteroatoms. The van der Waals surface area contributed by atoms with Crippen LogP contribution in [-0.4, -0.2) is 44.3 Å². The van der Waals surface area contributed by atoms with Crippen LogP contribution >= 0.6 is 0 Å². The van der Waals surface area contributed by atoms with Gasteiger partial charge >= 0.3 is 0 Å². The smallest absolute Gasteiger partial charge is 0.248 e. The van der Waals surface area contributed by atoms with E-state index >= 15 is 0 Å².